The van der Waals surface area contributed by atoms with E-state index in [9.17, 15) is 0 Å². The molecule has 0 atom stereocenters. The number of hydrogen-bond acceptors (Lipinski definition) is 0. The second kappa shape index (κ2) is 3.53. The fourth-order valence-corrected chi connectivity index (χ4v) is 1.54. The highest BCUT2D eigenvalue weighted by Crippen LogP contribution is 2.26. The van der Waals surface area contributed by atoms with Crippen molar-refractivity contribution in [1.82, 2.24) is 0 Å². The van der Waals surface area contributed by atoms with Crippen molar-refractivity contribution in [2.45, 2.75) is 39.5 Å². The van der Waals surface area contributed by atoms with Crippen LogP contribution < -0.4 is 0 Å². The third-order valence-corrected chi connectivity index (χ3v) is 2.39. The molecule has 0 aliphatic heterocycles. The molecular weight excluding hydrogens is 156 g/mol. The maximum Gasteiger partial charge on any atom is -0.0129 e. The highest BCUT2D eigenvalue weighted by molar-refractivity contribution is 5.38. The van der Waals surface area contributed by atoms with Gasteiger partial charge in [-0.3, -0.25) is 0 Å². The van der Waals surface area contributed by atoms with Crippen LogP contribution in [0.25, 0.3) is 0 Å². The van der Waals surface area contributed by atoms with Gasteiger partial charge in [-0.2, -0.15) is 0 Å². The molecule has 71 valence electrons. The molecule has 0 heteroatoms. The van der Waals surface area contributed by atoms with Crippen LogP contribution in [0.4, 0.5) is 0 Å². The largest absolute Gasteiger partial charge is 0.0613 e. The van der Waals surface area contributed by atoms with Crippen molar-refractivity contribution >= 4 is 0 Å². The van der Waals surface area contributed by atoms with Gasteiger partial charge in [0.05, 0.1) is 0 Å². The molecule has 0 N–H and O–H groups in total. The fraction of sp³-hybridized carbons (Fsp3) is 0.462. The summed E-state index contributed by atoms with van der Waals surface area (Å²) < 4.78 is 0. The third kappa shape index (κ3) is 2.33. The van der Waals surface area contributed by atoms with E-state index in [0.717, 1.165) is 12.0 Å². The Hall–Kier alpha value is -0.780. The van der Waals surface area contributed by atoms with Crippen molar-refractivity contribution in [3.8, 4) is 0 Å². The Labute approximate surface area is 82.0 Å². The topological polar surface area (TPSA) is 0 Å². The van der Waals surface area contributed by atoms with Crippen LogP contribution in [0.3, 0.4) is 0 Å². The summed E-state index contributed by atoms with van der Waals surface area (Å²) >= 11 is 0. The van der Waals surface area contributed by atoms with Crippen molar-refractivity contribution in [2.75, 3.05) is 0 Å². The normalized spacial score (nSPS) is 11.8. The molecule has 0 amide bonds. The van der Waals surface area contributed by atoms with Crippen molar-refractivity contribution in [1.29, 1.82) is 0 Å². The zero-order chi connectivity index (χ0) is 10.1. The second-order valence-electron chi connectivity index (χ2n) is 4.60. The zero-order valence-corrected chi connectivity index (χ0v) is 9.15. The van der Waals surface area contributed by atoms with Gasteiger partial charge in [-0.15, -0.1) is 0 Å². The Balaban J connectivity index is 3.19. The maximum atomic E-state index is 4.06. The lowest BCUT2D eigenvalue weighted by atomic mass is 9.83. The van der Waals surface area contributed by atoms with E-state index in [4.69, 9.17) is 0 Å². The fourth-order valence-electron chi connectivity index (χ4n) is 1.54. The van der Waals surface area contributed by atoms with Crippen LogP contribution in [0.15, 0.2) is 18.2 Å². The summed E-state index contributed by atoms with van der Waals surface area (Å²) in [5, 5.41) is 0. The molecule has 0 spiro atoms. The van der Waals surface area contributed by atoms with E-state index in [0.29, 0.717) is 0 Å². The summed E-state index contributed by atoms with van der Waals surface area (Å²) in [4.78, 5) is 0. The summed E-state index contributed by atoms with van der Waals surface area (Å²) in [5.74, 6) is 0. The molecule has 1 rings (SSSR count). The van der Waals surface area contributed by atoms with E-state index in [2.05, 4.69) is 52.8 Å². The predicted octanol–water partition coefficient (Wildman–Crippen LogP) is 3.73. The Kier molecular flexibility index (Phi) is 2.80. The molecule has 0 aromatic heterocycles. The molecule has 0 aliphatic carbocycles. The van der Waals surface area contributed by atoms with Crippen LogP contribution in [0, 0.1) is 6.92 Å². The SMILES string of the molecule is [CH2]c1ccc(CC)cc1C(C)(C)C. The Bertz CT molecular complexity index is 289. The van der Waals surface area contributed by atoms with Gasteiger partial charge in [0.2, 0.25) is 0 Å². The molecule has 0 saturated heterocycles. The average Bonchev–Trinajstić information content (AvgIpc) is 2.03. The van der Waals surface area contributed by atoms with Gasteiger partial charge in [-0.05, 0) is 35.4 Å². The minimum Gasteiger partial charge on any atom is -0.0613 e. The van der Waals surface area contributed by atoms with Gasteiger partial charge in [0.1, 0.15) is 0 Å². The monoisotopic (exact) mass is 175 g/mol. The minimum absolute atomic E-state index is 0.211. The van der Waals surface area contributed by atoms with E-state index >= 15 is 0 Å². The maximum absolute atomic E-state index is 4.06. The molecule has 0 bridgehead atoms. The summed E-state index contributed by atoms with van der Waals surface area (Å²) in [5.41, 5.74) is 4.14. The van der Waals surface area contributed by atoms with Gasteiger partial charge in [0, 0.05) is 0 Å². The van der Waals surface area contributed by atoms with Gasteiger partial charge in [0.15, 0.2) is 0 Å². The minimum atomic E-state index is 0.211. The van der Waals surface area contributed by atoms with E-state index in [1.165, 1.54) is 11.1 Å². The van der Waals surface area contributed by atoms with Crippen LogP contribution in [0.5, 0.6) is 0 Å². The lowest BCUT2D eigenvalue weighted by Crippen LogP contribution is -2.13. The smallest absolute Gasteiger partial charge is 0.0129 e. The first-order valence-electron chi connectivity index (χ1n) is 4.90. The van der Waals surface area contributed by atoms with Crippen molar-refractivity contribution in [3.05, 3.63) is 41.8 Å². The van der Waals surface area contributed by atoms with Crippen LogP contribution in [-0.4, -0.2) is 0 Å². The molecule has 1 aromatic rings. The zero-order valence-electron chi connectivity index (χ0n) is 9.15. The molecule has 1 radical (unpaired) electrons. The van der Waals surface area contributed by atoms with Gasteiger partial charge in [-0.25, -0.2) is 0 Å². The Morgan fingerprint density at radius 1 is 1.23 bits per heavy atom. The predicted molar refractivity (Wildman–Crippen MR) is 59.0 cm³/mol. The lowest BCUT2D eigenvalue weighted by Gasteiger charge is -2.22. The number of benzene rings is 1. The standard InChI is InChI=1S/C13H19/c1-6-11-8-7-10(2)12(9-11)13(3,4)5/h7-9H,2,6H2,1,3-5H3. The molecule has 13 heavy (non-hydrogen) atoms. The molecule has 0 fully saturated rings. The summed E-state index contributed by atoms with van der Waals surface area (Å²) in [6.45, 7) is 12.9. The molecule has 0 saturated carbocycles. The van der Waals surface area contributed by atoms with Crippen LogP contribution in [0.2, 0.25) is 0 Å². The van der Waals surface area contributed by atoms with Crippen molar-refractivity contribution in [2.24, 2.45) is 0 Å². The number of hydrogen-bond donors (Lipinski definition) is 0. The van der Waals surface area contributed by atoms with Crippen LogP contribution in [0.1, 0.15) is 44.4 Å². The first-order chi connectivity index (χ1) is 5.95. The molecule has 1 aromatic carbocycles. The lowest BCUT2D eigenvalue weighted by molar-refractivity contribution is 0.587. The molecule has 0 heterocycles. The highest BCUT2D eigenvalue weighted by atomic mass is 14.2. The van der Waals surface area contributed by atoms with E-state index in [1.807, 2.05) is 0 Å². The quantitative estimate of drug-likeness (QED) is 0.610. The molecular formula is C13H19. The third-order valence-electron chi connectivity index (χ3n) is 2.39. The average molecular weight is 175 g/mol. The van der Waals surface area contributed by atoms with Gasteiger partial charge >= 0.3 is 0 Å². The molecule has 0 nitrogen and oxygen atoms in total. The Morgan fingerprint density at radius 3 is 2.31 bits per heavy atom. The first kappa shape index (κ1) is 10.3. The van der Waals surface area contributed by atoms with E-state index < -0.39 is 0 Å². The Morgan fingerprint density at radius 2 is 1.85 bits per heavy atom. The highest BCUT2D eigenvalue weighted by Gasteiger charge is 2.15. The van der Waals surface area contributed by atoms with Gasteiger partial charge < -0.3 is 0 Å². The second-order valence-corrected chi connectivity index (χ2v) is 4.60. The van der Waals surface area contributed by atoms with Gasteiger partial charge in [0.25, 0.3) is 0 Å². The van der Waals surface area contributed by atoms with E-state index in [-0.39, 0.29) is 5.41 Å². The van der Waals surface area contributed by atoms with E-state index in [1.54, 1.807) is 0 Å². The van der Waals surface area contributed by atoms with Crippen LogP contribution >= 0.6 is 0 Å². The summed E-state index contributed by atoms with van der Waals surface area (Å²) in [6.07, 6.45) is 1.10. The number of rotatable bonds is 1. The van der Waals surface area contributed by atoms with Crippen LogP contribution in [-0.2, 0) is 11.8 Å². The number of aryl methyl sites for hydroxylation is 1. The van der Waals surface area contributed by atoms with Gasteiger partial charge in [-0.1, -0.05) is 45.9 Å². The van der Waals surface area contributed by atoms with Crippen molar-refractivity contribution in [3.63, 3.8) is 0 Å². The molecule has 0 aliphatic rings. The summed E-state index contributed by atoms with van der Waals surface area (Å²) in [6, 6.07) is 6.57. The molecule has 0 unspecified atom stereocenters. The summed E-state index contributed by atoms with van der Waals surface area (Å²) in [7, 11) is 0. The first-order valence-corrected chi connectivity index (χ1v) is 4.90. The van der Waals surface area contributed by atoms with Crippen molar-refractivity contribution < 1.29 is 0 Å².